The van der Waals surface area contributed by atoms with Crippen LogP contribution in [0.3, 0.4) is 0 Å². The molecule has 0 bridgehead atoms. The molecule has 18 heteroatoms. The minimum absolute atomic E-state index is 0.0677. The Bertz CT molecular complexity index is 1680. The van der Waals surface area contributed by atoms with Gasteiger partial charge in [-0.2, -0.15) is 34.7 Å². The molecule has 0 spiro atoms. The molecule has 1 aromatic carbocycles. The van der Waals surface area contributed by atoms with Gasteiger partial charge in [-0.3, -0.25) is 9.10 Å². The zero-order chi connectivity index (χ0) is 29.5. The Morgan fingerprint density at radius 1 is 1.07 bits per heavy atom. The summed E-state index contributed by atoms with van der Waals surface area (Å²) < 4.78 is 114. The molecule has 3 aromatic heterocycles. The summed E-state index contributed by atoms with van der Waals surface area (Å²) in [4.78, 5) is 16.5. The van der Waals surface area contributed by atoms with Crippen molar-refractivity contribution < 1.29 is 44.0 Å². The van der Waals surface area contributed by atoms with Crippen molar-refractivity contribution in [3.05, 3.63) is 66.2 Å². The van der Waals surface area contributed by atoms with Crippen LogP contribution in [0.5, 0.6) is 0 Å². The maximum Gasteiger partial charge on any atom is 0.471 e. The molecule has 41 heavy (non-hydrogen) atoms. The second-order valence-corrected chi connectivity index (χ2v) is 10.7. The Morgan fingerprint density at radius 3 is 2.44 bits per heavy atom. The highest BCUT2D eigenvalue weighted by atomic mass is 32.2. The van der Waals surface area contributed by atoms with Gasteiger partial charge in [-0.1, -0.05) is 6.07 Å². The van der Waals surface area contributed by atoms with Crippen LogP contribution in [-0.2, 0) is 21.5 Å². The molecule has 0 aliphatic carbocycles. The number of hydrogen-bond acceptors (Lipinski definition) is 7. The molecule has 11 nitrogen and oxygen atoms in total. The molecule has 218 valence electrons. The lowest BCUT2D eigenvalue weighted by Crippen LogP contribution is -2.56. The second kappa shape index (κ2) is 10.7. The summed E-state index contributed by atoms with van der Waals surface area (Å²) in [6.07, 6.45) is -5.06. The molecule has 1 saturated heterocycles. The van der Waals surface area contributed by atoms with Crippen molar-refractivity contribution in [2.75, 3.05) is 30.5 Å². The van der Waals surface area contributed by atoms with E-state index in [1.807, 2.05) is 0 Å². The molecule has 0 N–H and O–H groups in total. The first-order chi connectivity index (χ1) is 19.3. The van der Waals surface area contributed by atoms with Crippen molar-refractivity contribution in [2.45, 2.75) is 19.1 Å². The largest absolute Gasteiger partial charge is 0.471 e. The van der Waals surface area contributed by atoms with Gasteiger partial charge in [-0.15, -0.1) is 10.2 Å². The van der Waals surface area contributed by atoms with Crippen LogP contribution in [0, 0.1) is 5.82 Å². The summed E-state index contributed by atoms with van der Waals surface area (Å²) >= 11 is 0. The van der Waals surface area contributed by atoms with Gasteiger partial charge >= 0.3 is 28.7 Å². The number of rotatable bonds is 7. The van der Waals surface area contributed by atoms with Crippen LogP contribution in [0.15, 0.2) is 53.2 Å². The Balaban J connectivity index is 1.42. The number of carbonyl (C=O) groups is 1. The summed E-state index contributed by atoms with van der Waals surface area (Å²) in [5.74, 6) is -3.83. The molecule has 1 aliphatic rings. The highest BCUT2D eigenvalue weighted by Gasteiger charge is 2.44. The van der Waals surface area contributed by atoms with Crippen molar-refractivity contribution in [1.82, 2.24) is 28.8 Å². The van der Waals surface area contributed by atoms with Gasteiger partial charge < -0.3 is 13.7 Å². The normalized spacial score (nSPS) is 15.1. The number of carbonyl (C=O) groups excluding carboxylic acids is 1. The van der Waals surface area contributed by atoms with Gasteiger partial charge in [-0.25, -0.2) is 9.37 Å². The van der Waals surface area contributed by atoms with E-state index >= 15 is 0 Å². The van der Waals surface area contributed by atoms with Gasteiger partial charge in [0, 0.05) is 44.1 Å². The van der Waals surface area contributed by atoms with E-state index in [0.717, 1.165) is 20.7 Å². The smallest absolute Gasteiger partial charge is 0.415 e. The lowest BCUT2D eigenvalue weighted by atomic mass is 10.2. The molecule has 5 rings (SSSR count). The number of aromatic nitrogens is 4. The fraction of sp³-hybridized carbons (Fsp3) is 0.304. The topological polar surface area (TPSA) is 117 Å². The molecular formula is C23H19F6N7O4S. The van der Waals surface area contributed by atoms with E-state index in [2.05, 4.69) is 15.2 Å². The van der Waals surface area contributed by atoms with Crippen molar-refractivity contribution in [2.24, 2.45) is 0 Å². The summed E-state index contributed by atoms with van der Waals surface area (Å²) in [7, 11) is -4.44. The third-order valence-electron chi connectivity index (χ3n) is 6.16. The quantitative estimate of drug-likeness (QED) is 0.297. The lowest BCUT2D eigenvalue weighted by Gasteiger charge is -2.37. The summed E-state index contributed by atoms with van der Waals surface area (Å²) in [5, 5.41) is 6.86. The fourth-order valence-corrected chi connectivity index (χ4v) is 5.79. The van der Waals surface area contributed by atoms with E-state index in [9.17, 15) is 39.6 Å². The molecular weight excluding hydrogens is 584 g/mol. The maximum absolute atomic E-state index is 14.1. The van der Waals surface area contributed by atoms with Crippen LogP contribution in [0.25, 0.3) is 17.1 Å². The van der Waals surface area contributed by atoms with Crippen molar-refractivity contribution in [3.8, 4) is 11.5 Å². The first-order valence-corrected chi connectivity index (χ1v) is 13.2. The minimum Gasteiger partial charge on any atom is -0.415 e. The molecule has 0 atom stereocenters. The highest BCUT2D eigenvalue weighted by Crippen LogP contribution is 2.28. The average Bonchev–Trinajstić information content (AvgIpc) is 3.58. The highest BCUT2D eigenvalue weighted by molar-refractivity contribution is 7.90. The zero-order valence-electron chi connectivity index (χ0n) is 20.7. The number of halogens is 6. The van der Waals surface area contributed by atoms with E-state index < -0.39 is 73.1 Å². The van der Waals surface area contributed by atoms with Crippen LogP contribution < -0.4 is 4.31 Å². The van der Waals surface area contributed by atoms with Crippen LogP contribution in [0.4, 0.5) is 32.0 Å². The van der Waals surface area contributed by atoms with Crippen molar-refractivity contribution in [3.63, 3.8) is 0 Å². The Hall–Kier alpha value is -4.19. The van der Waals surface area contributed by atoms with E-state index in [0.29, 0.717) is 4.90 Å². The van der Waals surface area contributed by atoms with Gasteiger partial charge in [0.05, 0.1) is 17.9 Å². The van der Waals surface area contributed by atoms with Crippen LogP contribution in [0.2, 0.25) is 0 Å². The Kier molecular flexibility index (Phi) is 7.37. The van der Waals surface area contributed by atoms with Crippen LogP contribution >= 0.6 is 0 Å². The minimum atomic E-state index is -5.09. The summed E-state index contributed by atoms with van der Waals surface area (Å²) in [6, 6.07) is 7.66. The number of amides is 1. The van der Waals surface area contributed by atoms with Gasteiger partial charge in [-0.05, 0) is 30.3 Å². The molecule has 1 fully saturated rings. The van der Waals surface area contributed by atoms with E-state index in [1.165, 1.54) is 41.1 Å². The third-order valence-corrected chi connectivity index (χ3v) is 8.07. The fourth-order valence-electron chi connectivity index (χ4n) is 4.21. The zero-order valence-corrected chi connectivity index (χ0v) is 21.5. The standard InChI is InChI=1S/C23H19F6N7O4S/c24-15-2-1-3-17(11-15)36(41(38,39)35-8-6-33(7-9-35)22(37)23(27,28)29)13-16-12-34-5-4-14(10-18(34)30-16)20-31-32-21(40-20)19(25)26/h1-5,10-12,19H,6-9,13H2. The number of nitrogens with zero attached hydrogens (tertiary/aromatic N) is 7. The van der Waals surface area contributed by atoms with Crippen molar-refractivity contribution in [1.29, 1.82) is 0 Å². The van der Waals surface area contributed by atoms with Crippen molar-refractivity contribution >= 4 is 27.5 Å². The number of fused-ring (bicyclic) bond motifs is 1. The molecule has 1 aliphatic heterocycles. The molecule has 1 amide bonds. The number of pyridine rings is 1. The SMILES string of the molecule is O=C(N1CCN(S(=O)(=O)N(Cc2cn3ccc(-c4nnc(C(F)F)o4)cc3n2)c2cccc(F)c2)CC1)C(F)(F)F. The Labute approximate surface area is 227 Å². The Morgan fingerprint density at radius 2 is 1.80 bits per heavy atom. The van der Waals surface area contributed by atoms with Gasteiger partial charge in [0.25, 0.3) is 5.89 Å². The number of anilines is 1. The number of imidazole rings is 1. The molecule has 0 unspecified atom stereocenters. The summed E-state index contributed by atoms with van der Waals surface area (Å²) in [5.41, 5.74) is 0.668. The molecule has 4 heterocycles. The number of benzene rings is 1. The first kappa shape index (κ1) is 28.3. The predicted octanol–water partition coefficient (Wildman–Crippen LogP) is 3.42. The maximum atomic E-state index is 14.1. The second-order valence-electron chi connectivity index (χ2n) is 8.84. The van der Waals surface area contributed by atoms with Crippen LogP contribution in [0.1, 0.15) is 18.0 Å². The number of hydrogen-bond donors (Lipinski definition) is 0. The molecule has 0 radical (unpaired) electrons. The average molecular weight is 604 g/mol. The van der Waals surface area contributed by atoms with Crippen LogP contribution in [-0.4, -0.2) is 75.5 Å². The van der Waals surface area contributed by atoms with E-state index in [1.54, 1.807) is 0 Å². The number of piperazine rings is 1. The van der Waals surface area contributed by atoms with Gasteiger partial charge in [0.2, 0.25) is 5.89 Å². The summed E-state index contributed by atoms with van der Waals surface area (Å²) in [6.45, 7) is -2.23. The third kappa shape index (κ3) is 5.83. The lowest BCUT2D eigenvalue weighted by molar-refractivity contribution is -0.186. The van der Waals surface area contributed by atoms with E-state index in [-0.39, 0.29) is 28.5 Å². The monoisotopic (exact) mass is 603 g/mol. The number of alkyl halides is 5. The predicted molar refractivity (Wildman–Crippen MR) is 129 cm³/mol. The van der Waals surface area contributed by atoms with E-state index in [4.69, 9.17) is 4.42 Å². The first-order valence-electron chi connectivity index (χ1n) is 11.8. The molecule has 0 saturated carbocycles. The van der Waals surface area contributed by atoms with Gasteiger partial charge in [0.15, 0.2) is 0 Å². The van der Waals surface area contributed by atoms with Gasteiger partial charge in [0.1, 0.15) is 11.5 Å². The molecule has 4 aromatic rings.